The van der Waals surface area contributed by atoms with Gasteiger partial charge in [-0.25, -0.2) is 0 Å². The van der Waals surface area contributed by atoms with Gasteiger partial charge >= 0.3 is 0 Å². The van der Waals surface area contributed by atoms with Crippen LogP contribution in [0.25, 0.3) is 0 Å². The van der Waals surface area contributed by atoms with Crippen LogP contribution in [0, 0.1) is 17.4 Å². The van der Waals surface area contributed by atoms with E-state index in [-0.39, 0.29) is 0 Å². The van der Waals surface area contributed by atoms with Gasteiger partial charge in [-0.15, -0.1) is 0 Å². The molecule has 0 aliphatic heterocycles. The van der Waals surface area contributed by atoms with Gasteiger partial charge in [-0.2, -0.15) is 5.26 Å². The second kappa shape index (κ2) is 4.23. The Kier molecular flexibility index (Phi) is 3.22. The van der Waals surface area contributed by atoms with Gasteiger partial charge in [0.05, 0.1) is 0 Å². The van der Waals surface area contributed by atoms with Crippen molar-refractivity contribution in [3.8, 4) is 6.19 Å². The van der Waals surface area contributed by atoms with E-state index in [2.05, 4.69) is 12.2 Å². The van der Waals surface area contributed by atoms with Gasteiger partial charge in [0.2, 0.25) is 0 Å². The SMILES string of the molecule is C[C@@H](NC#N)C1CCCCC1. The largest absolute Gasteiger partial charge is 0.321 e. The maximum absolute atomic E-state index is 8.41. The minimum atomic E-state index is 0.389. The average Bonchev–Trinajstić information content (AvgIpc) is 2.07. The summed E-state index contributed by atoms with van der Waals surface area (Å²) in [6, 6.07) is 0.389. The van der Waals surface area contributed by atoms with Crippen LogP contribution in [0.2, 0.25) is 0 Å². The van der Waals surface area contributed by atoms with Gasteiger partial charge in [0.1, 0.15) is 0 Å². The number of nitriles is 1. The highest BCUT2D eigenvalue weighted by Gasteiger charge is 2.18. The molecule has 0 aromatic carbocycles. The summed E-state index contributed by atoms with van der Waals surface area (Å²) in [6.07, 6.45) is 8.70. The highest BCUT2D eigenvalue weighted by molar-refractivity contribution is 4.80. The number of rotatable bonds is 2. The van der Waals surface area contributed by atoms with Crippen LogP contribution in [-0.2, 0) is 0 Å². The Hall–Kier alpha value is -0.710. The van der Waals surface area contributed by atoms with E-state index in [4.69, 9.17) is 5.26 Å². The van der Waals surface area contributed by atoms with Crippen LogP contribution in [0.15, 0.2) is 0 Å². The van der Waals surface area contributed by atoms with Gasteiger partial charge in [0.25, 0.3) is 0 Å². The van der Waals surface area contributed by atoms with Gasteiger partial charge in [0.15, 0.2) is 6.19 Å². The summed E-state index contributed by atoms with van der Waals surface area (Å²) in [4.78, 5) is 0. The molecule has 0 aromatic rings. The van der Waals surface area contributed by atoms with Crippen LogP contribution in [0.4, 0.5) is 0 Å². The standard InChI is InChI=1S/C9H16N2/c1-8(11-7-10)9-5-3-2-4-6-9/h8-9,11H,2-6H2,1H3/t8-/m1/s1. The minimum absolute atomic E-state index is 0.389. The lowest BCUT2D eigenvalue weighted by Gasteiger charge is -2.26. The van der Waals surface area contributed by atoms with Crippen LogP contribution >= 0.6 is 0 Å². The number of nitrogens with zero attached hydrogens (tertiary/aromatic N) is 1. The molecule has 1 N–H and O–H groups in total. The third-order valence-corrected chi connectivity index (χ3v) is 2.65. The quantitative estimate of drug-likeness (QED) is 0.485. The average molecular weight is 152 g/mol. The monoisotopic (exact) mass is 152 g/mol. The maximum atomic E-state index is 8.41. The van der Waals surface area contributed by atoms with E-state index in [0.29, 0.717) is 6.04 Å². The van der Waals surface area contributed by atoms with E-state index in [1.54, 1.807) is 0 Å². The summed E-state index contributed by atoms with van der Waals surface area (Å²) in [6.45, 7) is 2.11. The molecule has 0 spiro atoms. The molecule has 0 bridgehead atoms. The third kappa shape index (κ3) is 2.42. The van der Waals surface area contributed by atoms with Crippen molar-refractivity contribution in [1.82, 2.24) is 5.32 Å². The Morgan fingerprint density at radius 2 is 2.00 bits per heavy atom. The van der Waals surface area contributed by atoms with Crippen LogP contribution in [0.1, 0.15) is 39.0 Å². The van der Waals surface area contributed by atoms with Crippen molar-refractivity contribution in [2.75, 3.05) is 0 Å². The summed E-state index contributed by atoms with van der Waals surface area (Å²) in [5.74, 6) is 0.739. The van der Waals surface area contributed by atoms with E-state index < -0.39 is 0 Å². The zero-order valence-electron chi connectivity index (χ0n) is 7.14. The van der Waals surface area contributed by atoms with Crippen molar-refractivity contribution >= 4 is 0 Å². The lowest BCUT2D eigenvalue weighted by atomic mass is 9.85. The highest BCUT2D eigenvalue weighted by atomic mass is 14.9. The smallest absolute Gasteiger partial charge is 0.176 e. The van der Waals surface area contributed by atoms with Crippen molar-refractivity contribution in [3.63, 3.8) is 0 Å². The number of hydrogen-bond acceptors (Lipinski definition) is 2. The first kappa shape index (κ1) is 8.39. The third-order valence-electron chi connectivity index (χ3n) is 2.65. The molecule has 1 aliphatic rings. The van der Waals surface area contributed by atoms with Crippen LogP contribution < -0.4 is 5.32 Å². The van der Waals surface area contributed by atoms with Gasteiger partial charge < -0.3 is 5.32 Å². The van der Waals surface area contributed by atoms with E-state index in [9.17, 15) is 0 Å². The molecular weight excluding hydrogens is 136 g/mol. The predicted molar refractivity (Wildman–Crippen MR) is 44.8 cm³/mol. The Morgan fingerprint density at radius 1 is 1.36 bits per heavy atom. The van der Waals surface area contributed by atoms with Crippen LogP contribution in [-0.4, -0.2) is 6.04 Å². The first-order valence-corrected chi connectivity index (χ1v) is 4.49. The van der Waals surface area contributed by atoms with Gasteiger partial charge in [-0.1, -0.05) is 19.3 Å². The Bertz CT molecular complexity index is 142. The summed E-state index contributed by atoms with van der Waals surface area (Å²) >= 11 is 0. The molecule has 1 fully saturated rings. The highest BCUT2D eigenvalue weighted by Crippen LogP contribution is 2.25. The van der Waals surface area contributed by atoms with Crippen molar-refractivity contribution in [2.24, 2.45) is 5.92 Å². The lowest BCUT2D eigenvalue weighted by Crippen LogP contribution is -2.31. The van der Waals surface area contributed by atoms with Crippen molar-refractivity contribution < 1.29 is 0 Å². The minimum Gasteiger partial charge on any atom is -0.321 e. The summed E-state index contributed by atoms with van der Waals surface area (Å²) in [5, 5.41) is 11.2. The maximum Gasteiger partial charge on any atom is 0.176 e. The molecule has 0 aromatic heterocycles. The van der Waals surface area contributed by atoms with Gasteiger partial charge in [0, 0.05) is 6.04 Å². The zero-order valence-corrected chi connectivity index (χ0v) is 7.14. The van der Waals surface area contributed by atoms with Crippen LogP contribution in [0.5, 0.6) is 0 Å². The molecule has 1 aliphatic carbocycles. The molecule has 0 heterocycles. The summed E-state index contributed by atoms with van der Waals surface area (Å²) in [7, 11) is 0. The van der Waals surface area contributed by atoms with Gasteiger partial charge in [-0.3, -0.25) is 0 Å². The molecule has 1 saturated carbocycles. The Morgan fingerprint density at radius 3 is 2.55 bits per heavy atom. The zero-order chi connectivity index (χ0) is 8.10. The Labute approximate surface area is 68.6 Å². The van der Waals surface area contributed by atoms with Crippen molar-refractivity contribution in [1.29, 1.82) is 5.26 Å². The molecule has 2 heteroatoms. The number of hydrogen-bond donors (Lipinski definition) is 1. The molecule has 2 nitrogen and oxygen atoms in total. The fourth-order valence-corrected chi connectivity index (χ4v) is 1.85. The Balaban J connectivity index is 2.27. The first-order chi connectivity index (χ1) is 5.34. The van der Waals surface area contributed by atoms with E-state index in [0.717, 1.165) is 5.92 Å². The molecule has 0 amide bonds. The molecule has 11 heavy (non-hydrogen) atoms. The fourth-order valence-electron chi connectivity index (χ4n) is 1.85. The van der Waals surface area contributed by atoms with Crippen molar-refractivity contribution in [3.05, 3.63) is 0 Å². The second-order valence-electron chi connectivity index (χ2n) is 3.44. The van der Waals surface area contributed by atoms with E-state index in [1.807, 2.05) is 6.19 Å². The predicted octanol–water partition coefficient (Wildman–Crippen LogP) is 2.03. The first-order valence-electron chi connectivity index (χ1n) is 4.49. The molecule has 0 radical (unpaired) electrons. The molecule has 1 rings (SSSR count). The summed E-state index contributed by atoms with van der Waals surface area (Å²) < 4.78 is 0. The topological polar surface area (TPSA) is 35.8 Å². The summed E-state index contributed by atoms with van der Waals surface area (Å²) in [5.41, 5.74) is 0. The van der Waals surface area contributed by atoms with E-state index in [1.165, 1.54) is 32.1 Å². The van der Waals surface area contributed by atoms with Crippen molar-refractivity contribution in [2.45, 2.75) is 45.1 Å². The second-order valence-corrected chi connectivity index (χ2v) is 3.44. The number of nitrogens with one attached hydrogen (secondary N) is 1. The molecule has 0 unspecified atom stereocenters. The molecule has 0 saturated heterocycles. The molecule has 1 atom stereocenters. The van der Waals surface area contributed by atoms with E-state index >= 15 is 0 Å². The fraction of sp³-hybridized carbons (Fsp3) is 0.889. The van der Waals surface area contributed by atoms with Crippen LogP contribution in [0.3, 0.4) is 0 Å². The van der Waals surface area contributed by atoms with Gasteiger partial charge in [-0.05, 0) is 25.7 Å². The molecular formula is C9H16N2. The normalized spacial score (nSPS) is 22.2. The lowest BCUT2D eigenvalue weighted by molar-refractivity contribution is 0.299. The molecule has 62 valence electrons.